The van der Waals surface area contributed by atoms with E-state index in [9.17, 15) is 4.79 Å². The minimum Gasteiger partial charge on any atom is -0.497 e. The van der Waals surface area contributed by atoms with Crippen molar-refractivity contribution in [3.63, 3.8) is 0 Å². The Labute approximate surface area is 136 Å². The van der Waals surface area contributed by atoms with Gasteiger partial charge in [-0.1, -0.05) is 30.3 Å². The molecule has 2 aromatic carbocycles. The second kappa shape index (κ2) is 5.38. The van der Waals surface area contributed by atoms with Gasteiger partial charge in [0, 0.05) is 6.07 Å². The number of aromatic nitrogens is 4. The Morgan fingerprint density at radius 3 is 2.71 bits per heavy atom. The molecule has 4 rings (SSSR count). The predicted octanol–water partition coefficient (Wildman–Crippen LogP) is 1.68. The van der Waals surface area contributed by atoms with E-state index < -0.39 is 0 Å². The number of nitrogen functional groups attached to an aromatic ring is 1. The molecule has 0 bridgehead atoms. The molecule has 24 heavy (non-hydrogen) atoms. The standard InChI is InChI=1S/C17H15N5O2/c1-24-12-7-8-14-13(9-12)19-15(18)16-20-21(17(23)22(14)16)10-11-5-3-2-4-6-11/h2-9H,10H2,1H3,(H2,18,19). The second-order valence-corrected chi connectivity index (χ2v) is 5.44. The Kier molecular flexibility index (Phi) is 3.19. The summed E-state index contributed by atoms with van der Waals surface area (Å²) in [5.41, 5.74) is 8.32. The van der Waals surface area contributed by atoms with Crippen LogP contribution in [-0.4, -0.2) is 26.3 Å². The van der Waals surface area contributed by atoms with Crippen molar-refractivity contribution in [2.45, 2.75) is 6.54 Å². The summed E-state index contributed by atoms with van der Waals surface area (Å²) >= 11 is 0. The van der Waals surface area contributed by atoms with Gasteiger partial charge in [-0.25, -0.2) is 18.9 Å². The van der Waals surface area contributed by atoms with E-state index >= 15 is 0 Å². The van der Waals surface area contributed by atoms with Gasteiger partial charge >= 0.3 is 5.69 Å². The average Bonchev–Trinajstić information content (AvgIpc) is 2.93. The largest absolute Gasteiger partial charge is 0.497 e. The normalized spacial score (nSPS) is 11.2. The minimum atomic E-state index is -0.252. The summed E-state index contributed by atoms with van der Waals surface area (Å²) < 4.78 is 8.08. The quantitative estimate of drug-likeness (QED) is 0.620. The van der Waals surface area contributed by atoms with Crippen molar-refractivity contribution in [3.8, 4) is 5.75 Å². The zero-order chi connectivity index (χ0) is 16.7. The van der Waals surface area contributed by atoms with Crippen LogP contribution < -0.4 is 16.2 Å². The van der Waals surface area contributed by atoms with Gasteiger partial charge in [-0.05, 0) is 17.7 Å². The fourth-order valence-electron chi connectivity index (χ4n) is 2.74. The topological polar surface area (TPSA) is 87.4 Å². The molecule has 120 valence electrons. The molecule has 0 saturated heterocycles. The van der Waals surface area contributed by atoms with Crippen molar-refractivity contribution in [3.05, 3.63) is 64.6 Å². The van der Waals surface area contributed by atoms with Gasteiger partial charge in [0.1, 0.15) is 5.75 Å². The van der Waals surface area contributed by atoms with Crippen LogP contribution >= 0.6 is 0 Å². The first kappa shape index (κ1) is 14.3. The van der Waals surface area contributed by atoms with Gasteiger partial charge in [0.05, 0.1) is 24.7 Å². The van der Waals surface area contributed by atoms with Crippen molar-refractivity contribution in [2.24, 2.45) is 0 Å². The fourth-order valence-corrected chi connectivity index (χ4v) is 2.74. The molecule has 7 nitrogen and oxygen atoms in total. The molecule has 0 radical (unpaired) electrons. The fraction of sp³-hybridized carbons (Fsp3) is 0.118. The van der Waals surface area contributed by atoms with E-state index in [1.807, 2.05) is 30.3 Å². The van der Waals surface area contributed by atoms with Gasteiger partial charge in [0.15, 0.2) is 5.82 Å². The van der Waals surface area contributed by atoms with Crippen LogP contribution in [0.15, 0.2) is 53.3 Å². The van der Waals surface area contributed by atoms with Crippen molar-refractivity contribution < 1.29 is 4.74 Å². The first-order chi connectivity index (χ1) is 11.7. The van der Waals surface area contributed by atoms with Gasteiger partial charge in [-0.15, -0.1) is 5.10 Å². The first-order valence-electron chi connectivity index (χ1n) is 7.44. The number of rotatable bonds is 3. The first-order valence-corrected chi connectivity index (χ1v) is 7.44. The lowest BCUT2D eigenvalue weighted by Crippen LogP contribution is -2.22. The second-order valence-electron chi connectivity index (χ2n) is 5.44. The number of anilines is 1. The lowest BCUT2D eigenvalue weighted by molar-refractivity contribution is 0.415. The molecule has 0 unspecified atom stereocenters. The molecule has 2 heterocycles. The smallest absolute Gasteiger partial charge is 0.351 e. The van der Waals surface area contributed by atoms with E-state index in [-0.39, 0.29) is 11.5 Å². The molecule has 0 aliphatic carbocycles. The third-order valence-electron chi connectivity index (χ3n) is 3.91. The summed E-state index contributed by atoms with van der Waals surface area (Å²) in [5.74, 6) is 0.859. The van der Waals surface area contributed by atoms with Gasteiger partial charge < -0.3 is 10.5 Å². The molecule has 0 fully saturated rings. The number of methoxy groups -OCH3 is 1. The van der Waals surface area contributed by atoms with Crippen molar-refractivity contribution >= 4 is 22.5 Å². The van der Waals surface area contributed by atoms with Gasteiger partial charge in [-0.3, -0.25) is 0 Å². The molecule has 4 aromatic rings. The molecule has 0 spiro atoms. The monoisotopic (exact) mass is 321 g/mol. The van der Waals surface area contributed by atoms with Crippen LogP contribution in [0.4, 0.5) is 5.82 Å². The molecule has 0 aliphatic rings. The molecule has 0 saturated carbocycles. The SMILES string of the molecule is COc1ccc2c(c1)nc(N)c1nn(Cc3ccccc3)c(=O)n12. The lowest BCUT2D eigenvalue weighted by atomic mass is 10.2. The predicted molar refractivity (Wildman–Crippen MR) is 91.3 cm³/mol. The highest BCUT2D eigenvalue weighted by molar-refractivity contribution is 5.82. The van der Waals surface area contributed by atoms with Gasteiger partial charge in [0.25, 0.3) is 0 Å². The van der Waals surface area contributed by atoms with E-state index in [4.69, 9.17) is 10.5 Å². The summed E-state index contributed by atoms with van der Waals surface area (Å²) in [6, 6.07) is 15.0. The van der Waals surface area contributed by atoms with Gasteiger partial charge in [-0.2, -0.15) is 0 Å². The van der Waals surface area contributed by atoms with E-state index in [1.165, 1.54) is 9.08 Å². The Balaban J connectivity index is 1.96. The van der Waals surface area contributed by atoms with Crippen molar-refractivity contribution in [1.82, 2.24) is 19.2 Å². The molecule has 2 aromatic heterocycles. The Morgan fingerprint density at radius 1 is 1.17 bits per heavy atom. The number of nitrogens with zero attached hydrogens (tertiary/aromatic N) is 4. The number of hydrogen-bond donors (Lipinski definition) is 1. The number of benzene rings is 2. The summed E-state index contributed by atoms with van der Waals surface area (Å²) in [4.78, 5) is 17.1. The lowest BCUT2D eigenvalue weighted by Gasteiger charge is -2.04. The molecular weight excluding hydrogens is 306 g/mol. The average molecular weight is 321 g/mol. The molecular formula is C17H15N5O2. The third kappa shape index (κ3) is 2.18. The van der Waals surface area contributed by atoms with Crippen LogP contribution in [0.1, 0.15) is 5.56 Å². The van der Waals surface area contributed by atoms with Crippen molar-refractivity contribution in [1.29, 1.82) is 0 Å². The summed E-state index contributed by atoms with van der Waals surface area (Å²) in [5, 5.41) is 4.35. The summed E-state index contributed by atoms with van der Waals surface area (Å²) in [6.45, 7) is 0.373. The highest BCUT2D eigenvalue weighted by Crippen LogP contribution is 2.21. The van der Waals surface area contributed by atoms with E-state index in [2.05, 4.69) is 10.1 Å². The van der Waals surface area contributed by atoms with E-state index in [1.54, 1.807) is 25.3 Å². The number of fused-ring (bicyclic) bond motifs is 3. The maximum Gasteiger partial charge on any atom is 0.351 e. The number of nitrogens with two attached hydrogens (primary N) is 1. The van der Waals surface area contributed by atoms with E-state index in [0.29, 0.717) is 29.0 Å². The molecule has 2 N–H and O–H groups in total. The highest BCUT2D eigenvalue weighted by Gasteiger charge is 2.15. The third-order valence-corrected chi connectivity index (χ3v) is 3.91. The Morgan fingerprint density at radius 2 is 1.96 bits per heavy atom. The maximum absolute atomic E-state index is 12.8. The Bertz CT molecular complexity index is 1100. The zero-order valence-corrected chi connectivity index (χ0v) is 13.0. The van der Waals surface area contributed by atoms with E-state index in [0.717, 1.165) is 5.56 Å². The number of hydrogen-bond acceptors (Lipinski definition) is 5. The number of ether oxygens (including phenoxy) is 1. The molecule has 0 amide bonds. The van der Waals surface area contributed by atoms with Crippen LogP contribution in [0.25, 0.3) is 16.7 Å². The van der Waals surface area contributed by atoms with Crippen LogP contribution in [-0.2, 0) is 6.54 Å². The van der Waals surface area contributed by atoms with Crippen LogP contribution in [0, 0.1) is 0 Å². The van der Waals surface area contributed by atoms with Crippen LogP contribution in [0.5, 0.6) is 5.75 Å². The summed E-state index contributed by atoms with van der Waals surface area (Å²) in [6.07, 6.45) is 0. The molecule has 0 aliphatic heterocycles. The Hall–Kier alpha value is -3.35. The highest BCUT2D eigenvalue weighted by atomic mass is 16.5. The van der Waals surface area contributed by atoms with Crippen LogP contribution in [0.3, 0.4) is 0 Å². The zero-order valence-electron chi connectivity index (χ0n) is 13.0. The minimum absolute atomic E-state index is 0.208. The maximum atomic E-state index is 12.8. The molecule has 0 atom stereocenters. The van der Waals surface area contributed by atoms with Crippen molar-refractivity contribution in [2.75, 3.05) is 12.8 Å². The van der Waals surface area contributed by atoms with Gasteiger partial charge in [0.2, 0.25) is 5.65 Å². The molecule has 7 heteroatoms. The van der Waals surface area contributed by atoms with Crippen LogP contribution in [0.2, 0.25) is 0 Å². The summed E-state index contributed by atoms with van der Waals surface area (Å²) in [7, 11) is 1.58.